The van der Waals surface area contributed by atoms with Crippen LogP contribution in [-0.2, 0) is 6.61 Å². The number of rotatable bonds is 5. The summed E-state index contributed by atoms with van der Waals surface area (Å²) in [5.74, 6) is 1.63. The van der Waals surface area contributed by atoms with Crippen molar-refractivity contribution < 1.29 is 9.47 Å². The van der Waals surface area contributed by atoms with E-state index in [2.05, 4.69) is 15.9 Å². The number of benzene rings is 2. The second-order valence-electron chi connectivity index (χ2n) is 4.61. The molecule has 20 heavy (non-hydrogen) atoms. The lowest BCUT2D eigenvalue weighted by Gasteiger charge is -2.11. The Morgan fingerprint density at radius 1 is 1.15 bits per heavy atom. The molecular formula is C16H18BrNO2. The molecule has 0 fully saturated rings. The zero-order chi connectivity index (χ0) is 14.5. The molecule has 0 saturated carbocycles. The molecule has 0 aliphatic carbocycles. The second kappa shape index (κ2) is 6.77. The molecule has 2 aromatic carbocycles. The van der Waals surface area contributed by atoms with Crippen molar-refractivity contribution in [3.05, 3.63) is 58.1 Å². The van der Waals surface area contributed by atoms with Gasteiger partial charge in [-0.3, -0.25) is 0 Å². The molecule has 2 aromatic rings. The molecule has 0 spiro atoms. The molecule has 2 rings (SSSR count). The maximum Gasteiger partial charge on any atom is 0.120 e. The Kier molecular flexibility index (Phi) is 5.04. The smallest absolute Gasteiger partial charge is 0.120 e. The number of methoxy groups -OCH3 is 1. The van der Waals surface area contributed by atoms with Crippen molar-refractivity contribution in [3.63, 3.8) is 0 Å². The highest BCUT2D eigenvalue weighted by Crippen LogP contribution is 2.25. The second-order valence-corrected chi connectivity index (χ2v) is 5.46. The Labute approximate surface area is 127 Å². The average Bonchev–Trinajstić information content (AvgIpc) is 2.46. The van der Waals surface area contributed by atoms with Gasteiger partial charge in [-0.05, 0) is 42.8 Å². The van der Waals surface area contributed by atoms with Crippen molar-refractivity contribution in [2.24, 2.45) is 5.73 Å². The van der Waals surface area contributed by atoms with Crippen LogP contribution in [0.1, 0.15) is 24.1 Å². The zero-order valence-corrected chi connectivity index (χ0v) is 13.2. The van der Waals surface area contributed by atoms with Crippen LogP contribution in [0.4, 0.5) is 0 Å². The van der Waals surface area contributed by atoms with Crippen LogP contribution in [0, 0.1) is 0 Å². The Hall–Kier alpha value is -1.52. The third-order valence-corrected chi connectivity index (χ3v) is 3.80. The maximum absolute atomic E-state index is 5.87. The van der Waals surface area contributed by atoms with Gasteiger partial charge in [0.2, 0.25) is 0 Å². The Morgan fingerprint density at radius 3 is 2.65 bits per heavy atom. The van der Waals surface area contributed by atoms with Gasteiger partial charge < -0.3 is 15.2 Å². The highest BCUT2D eigenvalue weighted by Gasteiger charge is 2.05. The monoisotopic (exact) mass is 335 g/mol. The first kappa shape index (κ1) is 14.9. The Balaban J connectivity index is 2.10. The highest BCUT2D eigenvalue weighted by atomic mass is 79.9. The molecule has 4 heteroatoms. The van der Waals surface area contributed by atoms with E-state index in [0.29, 0.717) is 6.61 Å². The van der Waals surface area contributed by atoms with Gasteiger partial charge in [-0.2, -0.15) is 0 Å². The lowest BCUT2D eigenvalue weighted by molar-refractivity contribution is 0.304. The molecule has 2 N–H and O–H groups in total. The van der Waals surface area contributed by atoms with E-state index in [9.17, 15) is 0 Å². The SMILES string of the molecule is COc1ccc(Br)c(COc2cccc([C@H](C)N)c2)c1. The first-order valence-electron chi connectivity index (χ1n) is 6.41. The summed E-state index contributed by atoms with van der Waals surface area (Å²) in [6, 6.07) is 13.7. The lowest BCUT2D eigenvalue weighted by Crippen LogP contribution is -2.05. The molecule has 3 nitrogen and oxygen atoms in total. The van der Waals surface area contributed by atoms with Gasteiger partial charge in [0.25, 0.3) is 0 Å². The summed E-state index contributed by atoms with van der Waals surface area (Å²) in [7, 11) is 1.65. The minimum atomic E-state index is 0.00195. The van der Waals surface area contributed by atoms with Gasteiger partial charge in [0.05, 0.1) is 7.11 Å². The van der Waals surface area contributed by atoms with Gasteiger partial charge in [-0.25, -0.2) is 0 Å². The van der Waals surface area contributed by atoms with Crippen molar-refractivity contribution in [1.29, 1.82) is 0 Å². The highest BCUT2D eigenvalue weighted by molar-refractivity contribution is 9.10. The molecule has 0 aliphatic heterocycles. The van der Waals surface area contributed by atoms with Crippen molar-refractivity contribution in [1.82, 2.24) is 0 Å². The molecule has 1 atom stereocenters. The predicted molar refractivity (Wildman–Crippen MR) is 84.1 cm³/mol. The molecular weight excluding hydrogens is 318 g/mol. The van der Waals surface area contributed by atoms with E-state index >= 15 is 0 Å². The van der Waals surface area contributed by atoms with Gasteiger partial charge in [0, 0.05) is 16.1 Å². The first-order chi connectivity index (χ1) is 9.60. The summed E-state index contributed by atoms with van der Waals surface area (Å²) >= 11 is 3.52. The largest absolute Gasteiger partial charge is 0.497 e. The van der Waals surface area contributed by atoms with Gasteiger partial charge in [0.1, 0.15) is 18.1 Å². The molecule has 0 bridgehead atoms. The third kappa shape index (κ3) is 3.74. The third-order valence-electron chi connectivity index (χ3n) is 3.03. The average molecular weight is 336 g/mol. The molecule has 0 saturated heterocycles. The van der Waals surface area contributed by atoms with Crippen molar-refractivity contribution in [3.8, 4) is 11.5 Å². The van der Waals surface area contributed by atoms with Crippen LogP contribution < -0.4 is 15.2 Å². The normalized spacial score (nSPS) is 12.0. The molecule has 0 heterocycles. The summed E-state index contributed by atoms with van der Waals surface area (Å²) < 4.78 is 12.0. The summed E-state index contributed by atoms with van der Waals surface area (Å²) in [5.41, 5.74) is 7.97. The number of hydrogen-bond donors (Lipinski definition) is 1. The summed E-state index contributed by atoms with van der Waals surface area (Å²) in [6.07, 6.45) is 0. The van der Waals surface area contributed by atoms with Gasteiger partial charge in [0.15, 0.2) is 0 Å². The van der Waals surface area contributed by atoms with Crippen molar-refractivity contribution in [2.75, 3.05) is 7.11 Å². The van der Waals surface area contributed by atoms with Crippen LogP contribution in [0.15, 0.2) is 46.9 Å². The van der Waals surface area contributed by atoms with Crippen LogP contribution in [0.25, 0.3) is 0 Å². The summed E-state index contributed by atoms with van der Waals surface area (Å²) in [5, 5.41) is 0. The fourth-order valence-electron chi connectivity index (χ4n) is 1.84. The predicted octanol–water partition coefficient (Wildman–Crippen LogP) is 4.06. The molecule has 0 unspecified atom stereocenters. The fraction of sp³-hybridized carbons (Fsp3) is 0.250. The standard InChI is InChI=1S/C16H18BrNO2/c1-11(18)12-4-3-5-15(8-12)20-10-13-9-14(19-2)6-7-16(13)17/h3-9,11H,10,18H2,1-2H3/t11-/m0/s1. The minimum absolute atomic E-state index is 0.00195. The van der Waals surface area contributed by atoms with Gasteiger partial charge in [-0.1, -0.05) is 28.1 Å². The fourth-order valence-corrected chi connectivity index (χ4v) is 2.20. The quantitative estimate of drug-likeness (QED) is 0.896. The summed E-state index contributed by atoms with van der Waals surface area (Å²) in [4.78, 5) is 0. The van der Waals surface area contributed by atoms with Gasteiger partial charge >= 0.3 is 0 Å². The molecule has 0 aromatic heterocycles. The van der Waals surface area contributed by atoms with Crippen LogP contribution in [0.3, 0.4) is 0 Å². The van der Waals surface area contributed by atoms with E-state index in [1.807, 2.05) is 49.4 Å². The Morgan fingerprint density at radius 2 is 1.95 bits per heavy atom. The number of ether oxygens (including phenoxy) is 2. The zero-order valence-electron chi connectivity index (χ0n) is 11.6. The molecule has 0 aliphatic rings. The van der Waals surface area contributed by atoms with E-state index in [1.54, 1.807) is 7.11 Å². The van der Waals surface area contributed by atoms with E-state index in [4.69, 9.17) is 15.2 Å². The maximum atomic E-state index is 5.87. The van der Waals surface area contributed by atoms with Gasteiger partial charge in [-0.15, -0.1) is 0 Å². The Bertz CT molecular complexity index is 584. The molecule has 0 amide bonds. The molecule has 0 radical (unpaired) electrons. The van der Waals surface area contributed by atoms with E-state index in [0.717, 1.165) is 27.1 Å². The topological polar surface area (TPSA) is 44.5 Å². The number of hydrogen-bond acceptors (Lipinski definition) is 3. The van der Waals surface area contributed by atoms with Crippen LogP contribution in [0.5, 0.6) is 11.5 Å². The van der Waals surface area contributed by atoms with E-state index in [-0.39, 0.29) is 6.04 Å². The first-order valence-corrected chi connectivity index (χ1v) is 7.20. The number of halogens is 1. The summed E-state index contributed by atoms with van der Waals surface area (Å²) in [6.45, 7) is 2.43. The van der Waals surface area contributed by atoms with Crippen molar-refractivity contribution >= 4 is 15.9 Å². The van der Waals surface area contributed by atoms with Crippen LogP contribution in [-0.4, -0.2) is 7.11 Å². The van der Waals surface area contributed by atoms with Crippen LogP contribution in [0.2, 0.25) is 0 Å². The van der Waals surface area contributed by atoms with Crippen molar-refractivity contribution in [2.45, 2.75) is 19.6 Å². The molecule has 106 valence electrons. The lowest BCUT2D eigenvalue weighted by atomic mass is 10.1. The van der Waals surface area contributed by atoms with E-state index < -0.39 is 0 Å². The number of nitrogens with two attached hydrogens (primary N) is 1. The minimum Gasteiger partial charge on any atom is -0.497 e. The van der Waals surface area contributed by atoms with Crippen LogP contribution >= 0.6 is 15.9 Å². The van der Waals surface area contributed by atoms with E-state index in [1.165, 1.54) is 0 Å².